The molecule has 2 aliphatic rings. The van der Waals surface area contributed by atoms with E-state index in [9.17, 15) is 5.11 Å². The Morgan fingerprint density at radius 1 is 1.43 bits per heavy atom. The summed E-state index contributed by atoms with van der Waals surface area (Å²) in [6.45, 7) is 1.90. The van der Waals surface area contributed by atoms with E-state index in [1.807, 2.05) is 0 Å². The van der Waals surface area contributed by atoms with E-state index in [0.717, 1.165) is 32.5 Å². The largest absolute Gasteiger partial charge is 0.396 e. The number of aliphatic hydroxyl groups is 1. The molecule has 0 amide bonds. The molecule has 3 heteroatoms. The van der Waals surface area contributed by atoms with Gasteiger partial charge in [-0.2, -0.15) is 0 Å². The molecule has 0 radical (unpaired) electrons. The molecule has 0 bridgehead atoms. The number of hydrogen-bond acceptors (Lipinski definition) is 3. The molecule has 0 aromatic heterocycles. The van der Waals surface area contributed by atoms with Gasteiger partial charge >= 0.3 is 0 Å². The molecule has 0 aromatic rings. The van der Waals surface area contributed by atoms with Gasteiger partial charge in [0, 0.05) is 24.0 Å². The van der Waals surface area contributed by atoms with Gasteiger partial charge in [-0.15, -0.1) is 0 Å². The van der Waals surface area contributed by atoms with Crippen LogP contribution in [0.5, 0.6) is 0 Å². The van der Waals surface area contributed by atoms with E-state index >= 15 is 0 Å². The quantitative estimate of drug-likeness (QED) is 0.710. The Balaban J connectivity index is 2.02. The summed E-state index contributed by atoms with van der Waals surface area (Å²) in [7, 11) is 0. The van der Waals surface area contributed by atoms with Crippen LogP contribution in [0.15, 0.2) is 0 Å². The van der Waals surface area contributed by atoms with E-state index in [1.165, 1.54) is 12.8 Å². The normalized spacial score (nSPS) is 33.4. The number of rotatable bonds is 3. The van der Waals surface area contributed by atoms with Crippen LogP contribution in [0.3, 0.4) is 0 Å². The van der Waals surface area contributed by atoms with Crippen molar-refractivity contribution >= 4 is 0 Å². The Kier molecular flexibility index (Phi) is 3.10. The van der Waals surface area contributed by atoms with E-state index in [0.29, 0.717) is 5.92 Å². The van der Waals surface area contributed by atoms with Gasteiger partial charge in [-0.05, 0) is 19.3 Å². The highest BCUT2D eigenvalue weighted by molar-refractivity contribution is 4.96. The van der Waals surface area contributed by atoms with Crippen LogP contribution in [-0.2, 0) is 4.74 Å². The van der Waals surface area contributed by atoms with Crippen molar-refractivity contribution in [2.24, 2.45) is 17.1 Å². The third kappa shape index (κ3) is 1.69. The first-order chi connectivity index (χ1) is 6.78. The Hall–Kier alpha value is -0.120. The minimum absolute atomic E-state index is 0.0123. The van der Waals surface area contributed by atoms with Crippen molar-refractivity contribution in [2.75, 3.05) is 19.8 Å². The maximum Gasteiger partial charge on any atom is 0.0510 e. The summed E-state index contributed by atoms with van der Waals surface area (Å²) in [6.07, 6.45) is 5.72. The van der Waals surface area contributed by atoms with Gasteiger partial charge in [0.2, 0.25) is 0 Å². The predicted molar refractivity (Wildman–Crippen MR) is 54.9 cm³/mol. The number of nitrogens with two attached hydrogens (primary N) is 1. The van der Waals surface area contributed by atoms with E-state index in [2.05, 4.69) is 0 Å². The zero-order valence-electron chi connectivity index (χ0n) is 8.74. The third-order valence-corrected chi connectivity index (χ3v) is 4.09. The van der Waals surface area contributed by atoms with Gasteiger partial charge in [0.05, 0.1) is 13.2 Å². The molecule has 14 heavy (non-hydrogen) atoms. The van der Waals surface area contributed by atoms with Crippen molar-refractivity contribution in [3.63, 3.8) is 0 Å². The van der Waals surface area contributed by atoms with Crippen LogP contribution >= 0.6 is 0 Å². The van der Waals surface area contributed by atoms with Crippen molar-refractivity contribution in [1.29, 1.82) is 0 Å². The average molecular weight is 199 g/mol. The summed E-state index contributed by atoms with van der Waals surface area (Å²) in [5, 5.41) is 9.53. The van der Waals surface area contributed by atoms with Crippen LogP contribution in [0.25, 0.3) is 0 Å². The number of aliphatic hydroxyl groups excluding tert-OH is 1. The standard InChI is InChI=1S/C11H21NO2/c12-10(9-3-6-14-7-9)11(8-13)4-1-2-5-11/h9-10,13H,1-8,12H2. The molecule has 2 fully saturated rings. The molecular formula is C11H21NO2. The highest BCUT2D eigenvalue weighted by Gasteiger charge is 2.43. The predicted octanol–water partition coefficient (Wildman–Crippen LogP) is 0.903. The molecule has 2 rings (SSSR count). The minimum Gasteiger partial charge on any atom is -0.396 e. The van der Waals surface area contributed by atoms with E-state index in [1.54, 1.807) is 0 Å². The first-order valence-corrected chi connectivity index (χ1v) is 5.73. The molecule has 3 N–H and O–H groups in total. The third-order valence-electron chi connectivity index (χ3n) is 4.09. The van der Waals surface area contributed by atoms with Crippen molar-refractivity contribution in [1.82, 2.24) is 0 Å². The van der Waals surface area contributed by atoms with E-state index in [-0.39, 0.29) is 18.1 Å². The molecular weight excluding hydrogens is 178 g/mol. The van der Waals surface area contributed by atoms with Crippen LogP contribution in [0.4, 0.5) is 0 Å². The monoisotopic (exact) mass is 199 g/mol. The van der Waals surface area contributed by atoms with Gasteiger partial charge < -0.3 is 15.6 Å². The first kappa shape index (κ1) is 10.4. The first-order valence-electron chi connectivity index (χ1n) is 5.73. The highest BCUT2D eigenvalue weighted by Crippen LogP contribution is 2.43. The second-order valence-corrected chi connectivity index (χ2v) is 4.88. The smallest absolute Gasteiger partial charge is 0.0510 e. The molecule has 2 unspecified atom stereocenters. The highest BCUT2D eigenvalue weighted by atomic mass is 16.5. The summed E-state index contributed by atoms with van der Waals surface area (Å²) in [5.74, 6) is 0.472. The maximum absolute atomic E-state index is 9.53. The second kappa shape index (κ2) is 4.17. The zero-order valence-corrected chi connectivity index (χ0v) is 8.74. The Morgan fingerprint density at radius 3 is 2.64 bits per heavy atom. The molecule has 0 spiro atoms. The summed E-state index contributed by atoms with van der Waals surface area (Å²) < 4.78 is 5.37. The Morgan fingerprint density at radius 2 is 2.14 bits per heavy atom. The zero-order chi connectivity index (χ0) is 10.0. The summed E-state index contributed by atoms with van der Waals surface area (Å²) >= 11 is 0. The van der Waals surface area contributed by atoms with Crippen molar-refractivity contribution in [3.8, 4) is 0 Å². The van der Waals surface area contributed by atoms with Gasteiger partial charge in [0.15, 0.2) is 0 Å². The van der Waals surface area contributed by atoms with Crippen molar-refractivity contribution < 1.29 is 9.84 Å². The molecule has 2 atom stereocenters. The second-order valence-electron chi connectivity index (χ2n) is 4.88. The lowest BCUT2D eigenvalue weighted by Gasteiger charge is -2.36. The summed E-state index contributed by atoms with van der Waals surface area (Å²) in [6, 6.07) is 0.137. The molecule has 1 heterocycles. The maximum atomic E-state index is 9.53. The van der Waals surface area contributed by atoms with Gasteiger partial charge in [-0.25, -0.2) is 0 Å². The van der Waals surface area contributed by atoms with Gasteiger partial charge in [0.25, 0.3) is 0 Å². The molecule has 82 valence electrons. The lowest BCUT2D eigenvalue weighted by molar-refractivity contribution is 0.0715. The van der Waals surface area contributed by atoms with Crippen LogP contribution in [0.2, 0.25) is 0 Å². The average Bonchev–Trinajstić information content (AvgIpc) is 2.89. The van der Waals surface area contributed by atoms with E-state index < -0.39 is 0 Å². The molecule has 1 saturated heterocycles. The fourth-order valence-electron chi connectivity index (χ4n) is 3.01. The SMILES string of the molecule is NC(C1CCOC1)C1(CO)CCCC1. The fraction of sp³-hybridized carbons (Fsp3) is 1.00. The fourth-order valence-corrected chi connectivity index (χ4v) is 3.01. The number of hydrogen-bond donors (Lipinski definition) is 2. The topological polar surface area (TPSA) is 55.5 Å². The lowest BCUT2D eigenvalue weighted by Crippen LogP contribution is -2.47. The van der Waals surface area contributed by atoms with Crippen molar-refractivity contribution in [3.05, 3.63) is 0 Å². The van der Waals surface area contributed by atoms with Gasteiger partial charge in [-0.3, -0.25) is 0 Å². The molecule has 1 saturated carbocycles. The Bertz CT molecular complexity index is 184. The minimum atomic E-state index is 0.0123. The molecule has 0 aromatic carbocycles. The summed E-state index contributed by atoms with van der Waals surface area (Å²) in [5.41, 5.74) is 6.30. The van der Waals surface area contributed by atoms with Crippen LogP contribution in [-0.4, -0.2) is 31.0 Å². The van der Waals surface area contributed by atoms with Crippen LogP contribution in [0, 0.1) is 11.3 Å². The van der Waals surface area contributed by atoms with Crippen LogP contribution in [0.1, 0.15) is 32.1 Å². The van der Waals surface area contributed by atoms with Crippen molar-refractivity contribution in [2.45, 2.75) is 38.1 Å². The van der Waals surface area contributed by atoms with Gasteiger partial charge in [-0.1, -0.05) is 12.8 Å². The van der Waals surface area contributed by atoms with Gasteiger partial charge in [0.1, 0.15) is 0 Å². The van der Waals surface area contributed by atoms with E-state index in [4.69, 9.17) is 10.5 Å². The Labute approximate surface area is 85.6 Å². The number of ether oxygens (including phenoxy) is 1. The lowest BCUT2D eigenvalue weighted by atomic mass is 9.74. The molecule has 1 aliphatic carbocycles. The summed E-state index contributed by atoms with van der Waals surface area (Å²) in [4.78, 5) is 0. The molecule has 1 aliphatic heterocycles. The van der Waals surface area contributed by atoms with Crippen LogP contribution < -0.4 is 5.73 Å². The molecule has 3 nitrogen and oxygen atoms in total.